The third kappa shape index (κ3) is 1.72. The number of H-pyrrole nitrogens is 1. The van der Waals surface area contributed by atoms with Crippen molar-refractivity contribution in [3.8, 4) is 0 Å². The molecule has 1 aromatic heterocycles. The van der Waals surface area contributed by atoms with E-state index in [-0.39, 0.29) is 5.56 Å². The summed E-state index contributed by atoms with van der Waals surface area (Å²) in [6.07, 6.45) is 1.97. The van der Waals surface area contributed by atoms with Gasteiger partial charge >= 0.3 is 0 Å². The Morgan fingerprint density at radius 1 is 1.38 bits per heavy atom. The molecule has 2 heterocycles. The van der Waals surface area contributed by atoms with Crippen LogP contribution in [0.15, 0.2) is 10.9 Å². The lowest BCUT2D eigenvalue weighted by molar-refractivity contribution is 0.979. The predicted molar refractivity (Wildman–Crippen MR) is 56.2 cm³/mol. The third-order valence-electron chi connectivity index (χ3n) is 2.26. The number of aryl methyl sites for hydroxylation is 2. The molecule has 3 N–H and O–H groups in total. The molecule has 0 fully saturated rings. The summed E-state index contributed by atoms with van der Waals surface area (Å²) in [5.41, 5.74) is 8.02. The van der Waals surface area contributed by atoms with E-state index in [9.17, 15) is 4.79 Å². The normalized spacial score (nSPS) is 16.3. The van der Waals surface area contributed by atoms with E-state index in [1.165, 1.54) is 5.56 Å². The van der Waals surface area contributed by atoms with Gasteiger partial charge in [0, 0.05) is 5.69 Å². The highest BCUT2D eigenvalue weighted by Gasteiger charge is 2.09. The Hall–Kier alpha value is -0.900. The van der Waals surface area contributed by atoms with Gasteiger partial charge in [-0.15, -0.1) is 0 Å². The van der Waals surface area contributed by atoms with Crippen molar-refractivity contribution in [2.24, 2.45) is 0 Å². The van der Waals surface area contributed by atoms with E-state index >= 15 is 0 Å². The van der Waals surface area contributed by atoms with Crippen LogP contribution in [0.5, 0.6) is 0 Å². The zero-order chi connectivity index (χ0) is 9.26. The van der Waals surface area contributed by atoms with Crippen LogP contribution in [0.3, 0.4) is 0 Å². The first-order valence-electron chi connectivity index (χ1n) is 4.35. The van der Waals surface area contributed by atoms with Gasteiger partial charge in [0.25, 0.3) is 5.56 Å². The number of hydrogen-bond acceptors (Lipinski definition) is 3. The second-order valence-corrected chi connectivity index (χ2v) is 4.39. The molecule has 70 valence electrons. The Morgan fingerprint density at radius 3 is 3.00 bits per heavy atom. The molecule has 13 heavy (non-hydrogen) atoms. The van der Waals surface area contributed by atoms with E-state index in [2.05, 4.69) is 4.98 Å². The molecule has 1 aliphatic rings. The number of nitrogen functional groups attached to an aromatic ring is 1. The van der Waals surface area contributed by atoms with Gasteiger partial charge in [-0.1, -0.05) is 0 Å². The molecule has 2 rings (SSSR count). The number of aromatic amines is 1. The Balaban J connectivity index is 2.49. The highest BCUT2D eigenvalue weighted by Crippen LogP contribution is 2.18. The van der Waals surface area contributed by atoms with E-state index in [0.717, 1.165) is 30.0 Å². The van der Waals surface area contributed by atoms with Crippen molar-refractivity contribution >= 4 is 17.4 Å². The number of pyridine rings is 1. The number of rotatable bonds is 0. The predicted octanol–water partition coefficient (Wildman–Crippen LogP) is 0.789. The van der Waals surface area contributed by atoms with Gasteiger partial charge in [-0.3, -0.25) is 4.79 Å². The number of nitrogens with two attached hydrogens (primary N) is 1. The zero-order valence-electron chi connectivity index (χ0n) is 7.30. The number of anilines is 1. The van der Waals surface area contributed by atoms with Gasteiger partial charge in [0.1, 0.15) is 0 Å². The molecule has 4 heteroatoms. The third-order valence-corrected chi connectivity index (χ3v) is 3.24. The highest BCUT2D eigenvalue weighted by molar-refractivity contribution is 7.99. The van der Waals surface area contributed by atoms with Crippen LogP contribution in [0.25, 0.3) is 0 Å². The smallest absolute Gasteiger partial charge is 0.271 e. The Morgan fingerprint density at radius 2 is 2.15 bits per heavy atom. The molecule has 1 aromatic rings. The molecule has 0 aliphatic carbocycles. The van der Waals surface area contributed by atoms with Crippen LogP contribution in [0.2, 0.25) is 0 Å². The van der Waals surface area contributed by atoms with Crippen LogP contribution in [-0.4, -0.2) is 16.5 Å². The maximum atomic E-state index is 11.2. The fraction of sp³-hybridized carbons (Fsp3) is 0.444. The maximum Gasteiger partial charge on any atom is 0.271 e. The maximum absolute atomic E-state index is 11.2. The van der Waals surface area contributed by atoms with E-state index in [4.69, 9.17) is 5.73 Å². The molecule has 3 nitrogen and oxygen atoms in total. The average molecular weight is 196 g/mol. The van der Waals surface area contributed by atoms with E-state index in [0.29, 0.717) is 5.69 Å². The SMILES string of the molecule is Nc1cc2c([nH]c1=O)CCSCC2. The standard InChI is InChI=1S/C9H12N2OS/c10-7-5-6-1-3-13-4-2-8(6)11-9(7)12/h5H,1-4,10H2,(H,11,12). The first kappa shape index (κ1) is 8.69. The van der Waals surface area contributed by atoms with Crippen molar-refractivity contribution in [1.29, 1.82) is 0 Å². The molecule has 0 amide bonds. The lowest BCUT2D eigenvalue weighted by Gasteiger charge is -2.04. The quantitative estimate of drug-likeness (QED) is 0.645. The van der Waals surface area contributed by atoms with Gasteiger partial charge < -0.3 is 10.7 Å². The van der Waals surface area contributed by atoms with Crippen LogP contribution >= 0.6 is 11.8 Å². The number of nitrogens with one attached hydrogen (secondary N) is 1. The molecular formula is C9H12N2OS. The first-order chi connectivity index (χ1) is 6.27. The summed E-state index contributed by atoms with van der Waals surface area (Å²) >= 11 is 1.92. The van der Waals surface area contributed by atoms with Gasteiger partial charge in [-0.2, -0.15) is 11.8 Å². The van der Waals surface area contributed by atoms with E-state index in [1.807, 2.05) is 17.8 Å². The van der Waals surface area contributed by atoms with Crippen molar-refractivity contribution in [3.05, 3.63) is 27.7 Å². The van der Waals surface area contributed by atoms with Crippen molar-refractivity contribution in [1.82, 2.24) is 4.98 Å². The molecule has 0 spiro atoms. The monoisotopic (exact) mass is 196 g/mol. The molecule has 0 atom stereocenters. The Kier molecular flexibility index (Phi) is 2.31. The number of thioether (sulfide) groups is 1. The van der Waals surface area contributed by atoms with Gasteiger partial charge in [-0.05, 0) is 36.0 Å². The average Bonchev–Trinajstić information content (AvgIpc) is 2.31. The molecular weight excluding hydrogens is 184 g/mol. The number of aromatic nitrogens is 1. The lowest BCUT2D eigenvalue weighted by Crippen LogP contribution is -2.15. The minimum Gasteiger partial charge on any atom is -0.394 e. The fourth-order valence-corrected chi connectivity index (χ4v) is 2.45. The van der Waals surface area contributed by atoms with Crippen molar-refractivity contribution in [2.45, 2.75) is 12.8 Å². The van der Waals surface area contributed by atoms with Gasteiger partial charge in [-0.25, -0.2) is 0 Å². The summed E-state index contributed by atoms with van der Waals surface area (Å²) in [6, 6.07) is 1.82. The Labute approximate surface area is 80.7 Å². The summed E-state index contributed by atoms with van der Waals surface area (Å²) in [6.45, 7) is 0. The molecule has 0 radical (unpaired) electrons. The summed E-state index contributed by atoms with van der Waals surface area (Å²) in [5.74, 6) is 2.21. The van der Waals surface area contributed by atoms with Crippen molar-refractivity contribution < 1.29 is 0 Å². The fourth-order valence-electron chi connectivity index (χ4n) is 1.53. The second kappa shape index (κ2) is 3.46. The molecule has 1 aliphatic heterocycles. The molecule has 0 aromatic carbocycles. The number of fused-ring (bicyclic) bond motifs is 1. The van der Waals surface area contributed by atoms with Crippen molar-refractivity contribution in [2.75, 3.05) is 17.2 Å². The van der Waals surface area contributed by atoms with Gasteiger partial charge in [0.15, 0.2) is 0 Å². The lowest BCUT2D eigenvalue weighted by atomic mass is 10.1. The van der Waals surface area contributed by atoms with Crippen LogP contribution < -0.4 is 11.3 Å². The summed E-state index contributed by atoms with van der Waals surface area (Å²) in [7, 11) is 0. The first-order valence-corrected chi connectivity index (χ1v) is 5.51. The zero-order valence-corrected chi connectivity index (χ0v) is 8.12. The summed E-state index contributed by atoms with van der Waals surface area (Å²) < 4.78 is 0. The molecule has 0 saturated carbocycles. The van der Waals surface area contributed by atoms with Crippen molar-refractivity contribution in [3.63, 3.8) is 0 Å². The van der Waals surface area contributed by atoms with Crippen LogP contribution in [0.4, 0.5) is 5.69 Å². The topological polar surface area (TPSA) is 58.9 Å². The summed E-state index contributed by atoms with van der Waals surface area (Å²) in [4.78, 5) is 14.1. The summed E-state index contributed by atoms with van der Waals surface area (Å²) in [5, 5.41) is 0. The Bertz CT molecular complexity index is 372. The van der Waals surface area contributed by atoms with Crippen LogP contribution in [0, 0.1) is 0 Å². The largest absolute Gasteiger partial charge is 0.394 e. The molecule has 0 unspecified atom stereocenters. The number of hydrogen-bond donors (Lipinski definition) is 2. The minimum absolute atomic E-state index is 0.148. The van der Waals surface area contributed by atoms with E-state index in [1.54, 1.807) is 0 Å². The molecule has 0 saturated heterocycles. The van der Waals surface area contributed by atoms with Crippen LogP contribution in [-0.2, 0) is 12.8 Å². The van der Waals surface area contributed by atoms with Crippen LogP contribution in [0.1, 0.15) is 11.3 Å². The van der Waals surface area contributed by atoms with Gasteiger partial charge in [0.05, 0.1) is 5.69 Å². The highest BCUT2D eigenvalue weighted by atomic mass is 32.2. The van der Waals surface area contributed by atoms with Gasteiger partial charge in [0.2, 0.25) is 0 Å². The molecule has 0 bridgehead atoms. The van der Waals surface area contributed by atoms with E-state index < -0.39 is 0 Å². The minimum atomic E-state index is -0.148. The second-order valence-electron chi connectivity index (χ2n) is 3.17.